The van der Waals surface area contributed by atoms with Crippen LogP contribution in [-0.4, -0.2) is 24.5 Å². The molecule has 0 spiro atoms. The van der Waals surface area contributed by atoms with Crippen LogP contribution in [0.2, 0.25) is 0 Å². The smallest absolute Gasteiger partial charge is 0.0785 e. The zero-order valence-corrected chi connectivity index (χ0v) is 8.16. The monoisotopic (exact) mass is 176 g/mol. The molecule has 0 bridgehead atoms. The van der Waals surface area contributed by atoms with E-state index < -0.39 is 0 Å². The van der Waals surface area contributed by atoms with Crippen LogP contribution < -0.4 is 0 Å². The molecule has 13 heavy (non-hydrogen) atoms. The third kappa shape index (κ3) is 1.87. The fourth-order valence-corrected chi connectivity index (χ4v) is 1.92. The summed E-state index contributed by atoms with van der Waals surface area (Å²) in [5, 5.41) is 0. The highest BCUT2D eigenvalue weighted by Gasteiger charge is 2.17. The van der Waals surface area contributed by atoms with Gasteiger partial charge in [0.25, 0.3) is 0 Å². The van der Waals surface area contributed by atoms with Crippen LogP contribution in [0, 0.1) is 5.92 Å². The summed E-state index contributed by atoms with van der Waals surface area (Å²) in [5.74, 6) is 0.601. The van der Waals surface area contributed by atoms with Crippen LogP contribution in [0.25, 0.3) is 0 Å². The van der Waals surface area contributed by atoms with Crippen molar-refractivity contribution in [3.63, 3.8) is 0 Å². The lowest BCUT2D eigenvalue weighted by atomic mass is 9.92. The van der Waals surface area contributed by atoms with Gasteiger partial charge in [0.05, 0.1) is 24.5 Å². The van der Waals surface area contributed by atoms with E-state index in [4.69, 9.17) is 0 Å². The summed E-state index contributed by atoms with van der Waals surface area (Å²) in [5.41, 5.74) is 2.38. The molecule has 0 fully saturated rings. The van der Waals surface area contributed by atoms with Gasteiger partial charge >= 0.3 is 0 Å². The summed E-state index contributed by atoms with van der Waals surface area (Å²) < 4.78 is 0. The van der Waals surface area contributed by atoms with Gasteiger partial charge in [0.2, 0.25) is 0 Å². The summed E-state index contributed by atoms with van der Waals surface area (Å²) in [7, 11) is 0. The number of aliphatic imine (C=N–C) groups is 2. The van der Waals surface area contributed by atoms with E-state index in [1.807, 2.05) is 0 Å². The molecule has 0 N–H and O–H groups in total. The van der Waals surface area contributed by atoms with Gasteiger partial charge in [-0.15, -0.1) is 0 Å². The van der Waals surface area contributed by atoms with E-state index in [1.165, 1.54) is 25.0 Å². The largest absolute Gasteiger partial charge is 0.285 e. The van der Waals surface area contributed by atoms with Crippen molar-refractivity contribution >= 4 is 11.4 Å². The van der Waals surface area contributed by atoms with Crippen molar-refractivity contribution in [2.75, 3.05) is 13.1 Å². The van der Waals surface area contributed by atoms with E-state index in [0.717, 1.165) is 18.8 Å². The van der Waals surface area contributed by atoms with Crippen molar-refractivity contribution in [1.82, 2.24) is 0 Å². The summed E-state index contributed by atoms with van der Waals surface area (Å²) in [6, 6.07) is 0. The molecule has 0 saturated heterocycles. The van der Waals surface area contributed by atoms with Crippen LogP contribution in [0.3, 0.4) is 0 Å². The molecule has 2 heteroatoms. The van der Waals surface area contributed by atoms with Gasteiger partial charge in [-0.3, -0.25) is 9.98 Å². The van der Waals surface area contributed by atoms with Gasteiger partial charge in [-0.25, -0.2) is 0 Å². The Labute approximate surface area is 79.5 Å². The SMILES string of the molecule is CC1CCC/C=C\C2=NCCN=C21. The van der Waals surface area contributed by atoms with E-state index in [1.54, 1.807) is 0 Å². The molecule has 2 aliphatic rings. The number of allylic oxidation sites excluding steroid dienone is 2. The number of fused-ring (bicyclic) bond motifs is 1. The maximum Gasteiger partial charge on any atom is 0.0785 e. The first-order valence-corrected chi connectivity index (χ1v) is 5.13. The first-order chi connectivity index (χ1) is 6.38. The zero-order valence-electron chi connectivity index (χ0n) is 8.16. The van der Waals surface area contributed by atoms with Crippen LogP contribution in [0.1, 0.15) is 26.2 Å². The highest BCUT2D eigenvalue weighted by Crippen LogP contribution is 2.16. The Morgan fingerprint density at radius 1 is 1.31 bits per heavy atom. The lowest BCUT2D eigenvalue weighted by molar-refractivity contribution is 0.638. The molecule has 0 amide bonds. The highest BCUT2D eigenvalue weighted by molar-refractivity contribution is 6.47. The van der Waals surface area contributed by atoms with E-state index in [2.05, 4.69) is 29.1 Å². The third-order valence-electron chi connectivity index (χ3n) is 2.68. The van der Waals surface area contributed by atoms with Crippen molar-refractivity contribution in [3.8, 4) is 0 Å². The van der Waals surface area contributed by atoms with E-state index in [0.29, 0.717) is 5.92 Å². The molecule has 0 aromatic rings. The standard InChI is InChI=1S/C11H16N2/c1-9-5-3-2-4-6-10-11(9)13-8-7-12-10/h4,6,9H,2-3,5,7-8H2,1H3/b6-4-. The first kappa shape index (κ1) is 8.67. The molecule has 1 heterocycles. The molecular weight excluding hydrogens is 160 g/mol. The Morgan fingerprint density at radius 3 is 3.08 bits per heavy atom. The second-order valence-corrected chi connectivity index (χ2v) is 3.77. The molecule has 1 aliphatic carbocycles. The van der Waals surface area contributed by atoms with Crippen molar-refractivity contribution in [2.45, 2.75) is 26.2 Å². The lowest BCUT2D eigenvalue weighted by Crippen LogP contribution is -2.25. The minimum atomic E-state index is 0.601. The molecule has 2 rings (SSSR count). The van der Waals surface area contributed by atoms with E-state index in [9.17, 15) is 0 Å². The van der Waals surface area contributed by atoms with Crippen LogP contribution in [-0.2, 0) is 0 Å². The van der Waals surface area contributed by atoms with Gasteiger partial charge in [0, 0.05) is 5.92 Å². The predicted molar refractivity (Wildman–Crippen MR) is 56.8 cm³/mol. The van der Waals surface area contributed by atoms with E-state index >= 15 is 0 Å². The van der Waals surface area contributed by atoms with Gasteiger partial charge in [-0.2, -0.15) is 0 Å². The quantitative estimate of drug-likeness (QED) is 0.541. The first-order valence-electron chi connectivity index (χ1n) is 5.13. The molecule has 1 unspecified atom stereocenters. The normalized spacial score (nSPS) is 30.7. The van der Waals surface area contributed by atoms with Crippen LogP contribution >= 0.6 is 0 Å². The third-order valence-corrected chi connectivity index (χ3v) is 2.68. The molecule has 0 saturated carbocycles. The van der Waals surface area contributed by atoms with Gasteiger partial charge < -0.3 is 0 Å². The van der Waals surface area contributed by atoms with Crippen LogP contribution in [0.5, 0.6) is 0 Å². The highest BCUT2D eigenvalue weighted by atomic mass is 14.9. The molecule has 70 valence electrons. The predicted octanol–water partition coefficient (Wildman–Crippen LogP) is 2.26. The maximum atomic E-state index is 4.57. The Balaban J connectivity index is 2.27. The fraction of sp³-hybridized carbons (Fsp3) is 0.636. The minimum Gasteiger partial charge on any atom is -0.285 e. The second-order valence-electron chi connectivity index (χ2n) is 3.77. The lowest BCUT2D eigenvalue weighted by Gasteiger charge is -2.19. The second kappa shape index (κ2) is 3.86. The minimum absolute atomic E-state index is 0.601. The molecular formula is C11H16N2. The summed E-state index contributed by atoms with van der Waals surface area (Å²) in [6.45, 7) is 4.02. The molecule has 2 nitrogen and oxygen atoms in total. The van der Waals surface area contributed by atoms with Crippen molar-refractivity contribution in [2.24, 2.45) is 15.9 Å². The Hall–Kier alpha value is -0.920. The molecule has 1 aliphatic heterocycles. The van der Waals surface area contributed by atoms with Crippen molar-refractivity contribution in [1.29, 1.82) is 0 Å². The average Bonchev–Trinajstić information content (AvgIpc) is 2.14. The van der Waals surface area contributed by atoms with Crippen LogP contribution in [0.15, 0.2) is 22.1 Å². The van der Waals surface area contributed by atoms with Gasteiger partial charge in [0.1, 0.15) is 0 Å². The number of hydrogen-bond donors (Lipinski definition) is 0. The topological polar surface area (TPSA) is 24.7 Å². The number of nitrogens with zero attached hydrogens (tertiary/aromatic N) is 2. The number of hydrogen-bond acceptors (Lipinski definition) is 2. The Bertz CT molecular complexity index is 274. The van der Waals surface area contributed by atoms with Gasteiger partial charge in [-0.05, 0) is 25.3 Å². The fourth-order valence-electron chi connectivity index (χ4n) is 1.92. The Kier molecular flexibility index (Phi) is 2.57. The Morgan fingerprint density at radius 2 is 2.15 bits per heavy atom. The van der Waals surface area contributed by atoms with E-state index in [-0.39, 0.29) is 0 Å². The molecule has 0 radical (unpaired) electrons. The van der Waals surface area contributed by atoms with Gasteiger partial charge in [0.15, 0.2) is 0 Å². The number of rotatable bonds is 0. The average molecular weight is 176 g/mol. The van der Waals surface area contributed by atoms with Gasteiger partial charge in [-0.1, -0.05) is 13.0 Å². The van der Waals surface area contributed by atoms with Crippen LogP contribution in [0.4, 0.5) is 0 Å². The zero-order chi connectivity index (χ0) is 9.10. The summed E-state index contributed by atoms with van der Waals surface area (Å²) >= 11 is 0. The molecule has 0 aromatic heterocycles. The summed E-state index contributed by atoms with van der Waals surface area (Å²) in [6.07, 6.45) is 8.10. The molecule has 1 atom stereocenters. The molecule has 0 aromatic carbocycles. The maximum absolute atomic E-state index is 4.57. The van der Waals surface area contributed by atoms with Crippen molar-refractivity contribution < 1.29 is 0 Å². The van der Waals surface area contributed by atoms with Crippen molar-refractivity contribution in [3.05, 3.63) is 12.2 Å². The summed E-state index contributed by atoms with van der Waals surface area (Å²) in [4.78, 5) is 9.07.